The van der Waals surface area contributed by atoms with Crippen LogP contribution in [0.3, 0.4) is 0 Å². The second kappa shape index (κ2) is 8.83. The van der Waals surface area contributed by atoms with Gasteiger partial charge in [-0.2, -0.15) is 0 Å². The van der Waals surface area contributed by atoms with Crippen LogP contribution in [-0.4, -0.2) is 44.9 Å². The van der Waals surface area contributed by atoms with Gasteiger partial charge in [-0.15, -0.1) is 10.2 Å². The Labute approximate surface area is 158 Å². The summed E-state index contributed by atoms with van der Waals surface area (Å²) in [6, 6.07) is 6.05. The average Bonchev–Trinajstić information content (AvgIpc) is 3.13. The summed E-state index contributed by atoms with van der Waals surface area (Å²) in [5, 5.41) is 11.1. The van der Waals surface area contributed by atoms with E-state index < -0.39 is 0 Å². The fraction of sp³-hybridized carbons (Fsp3) is 0.526. The van der Waals surface area contributed by atoms with Gasteiger partial charge in [-0.1, -0.05) is 19.1 Å². The standard InChI is InChI=1S/C19H26FN5O2/c1-3-10-25-13-21-23-18(25)14(2)22-19(26)24-11-8-15(9-12-24)27-17-7-5-4-6-16(17)20/h4-7,13-15H,3,8-12H2,1-2H3,(H,22,26). The number of aryl methyl sites for hydroxylation is 1. The lowest BCUT2D eigenvalue weighted by molar-refractivity contribution is 0.106. The summed E-state index contributed by atoms with van der Waals surface area (Å²) in [6.45, 7) is 5.95. The molecule has 3 rings (SSSR count). The van der Waals surface area contributed by atoms with Gasteiger partial charge >= 0.3 is 6.03 Å². The summed E-state index contributed by atoms with van der Waals surface area (Å²) >= 11 is 0. The number of rotatable bonds is 6. The third-order valence-corrected chi connectivity index (χ3v) is 4.70. The van der Waals surface area contributed by atoms with Crippen LogP contribution in [0.4, 0.5) is 9.18 Å². The number of hydrogen-bond donors (Lipinski definition) is 1. The molecule has 7 nitrogen and oxygen atoms in total. The van der Waals surface area contributed by atoms with Gasteiger partial charge in [0, 0.05) is 32.5 Å². The molecule has 1 aliphatic rings. The summed E-state index contributed by atoms with van der Waals surface area (Å²) in [5.41, 5.74) is 0. The van der Waals surface area contributed by atoms with E-state index in [1.54, 1.807) is 29.4 Å². The van der Waals surface area contributed by atoms with E-state index >= 15 is 0 Å². The highest BCUT2D eigenvalue weighted by atomic mass is 19.1. The first kappa shape index (κ1) is 19.1. The molecule has 146 valence electrons. The van der Waals surface area contributed by atoms with Crippen molar-refractivity contribution in [1.29, 1.82) is 0 Å². The van der Waals surface area contributed by atoms with Crippen LogP contribution in [-0.2, 0) is 6.54 Å². The summed E-state index contributed by atoms with van der Waals surface area (Å²) in [4.78, 5) is 14.3. The van der Waals surface area contributed by atoms with Gasteiger partial charge in [0.1, 0.15) is 12.4 Å². The lowest BCUT2D eigenvalue weighted by Crippen LogP contribution is -2.47. The number of piperidine rings is 1. The Kier molecular flexibility index (Phi) is 6.26. The minimum Gasteiger partial charge on any atom is -0.487 e. The first-order valence-corrected chi connectivity index (χ1v) is 9.42. The van der Waals surface area contributed by atoms with Gasteiger partial charge in [0.2, 0.25) is 0 Å². The van der Waals surface area contributed by atoms with Crippen LogP contribution in [0.1, 0.15) is 45.0 Å². The van der Waals surface area contributed by atoms with E-state index in [2.05, 4.69) is 22.4 Å². The number of benzene rings is 1. The Bertz CT molecular complexity index is 758. The molecule has 2 aromatic rings. The summed E-state index contributed by atoms with van der Waals surface area (Å²) in [7, 11) is 0. The quantitative estimate of drug-likeness (QED) is 0.842. The SMILES string of the molecule is CCCn1cnnc1C(C)NC(=O)N1CCC(Oc2ccccc2F)CC1. The van der Waals surface area contributed by atoms with Gasteiger partial charge in [0.05, 0.1) is 6.04 Å². The van der Waals surface area contributed by atoms with E-state index in [1.807, 2.05) is 11.5 Å². The highest BCUT2D eigenvalue weighted by Gasteiger charge is 2.26. The number of carbonyl (C=O) groups is 1. The average molecular weight is 375 g/mol. The zero-order chi connectivity index (χ0) is 19.2. The summed E-state index contributed by atoms with van der Waals surface area (Å²) < 4.78 is 21.4. The predicted octanol–water partition coefficient (Wildman–Crippen LogP) is 3.14. The van der Waals surface area contributed by atoms with Gasteiger partial charge in [-0.3, -0.25) is 0 Å². The predicted molar refractivity (Wildman–Crippen MR) is 98.9 cm³/mol. The Hall–Kier alpha value is -2.64. The van der Waals surface area contributed by atoms with Crippen molar-refractivity contribution in [3.8, 4) is 5.75 Å². The Balaban J connectivity index is 1.49. The van der Waals surface area contributed by atoms with Crippen molar-refractivity contribution in [3.05, 3.63) is 42.2 Å². The Morgan fingerprint density at radius 2 is 2.11 bits per heavy atom. The minimum absolute atomic E-state index is 0.0870. The maximum atomic E-state index is 13.7. The summed E-state index contributed by atoms with van der Waals surface area (Å²) in [5.74, 6) is 0.662. The van der Waals surface area contributed by atoms with E-state index in [9.17, 15) is 9.18 Å². The number of halogens is 1. The number of amides is 2. The van der Waals surface area contributed by atoms with E-state index in [0.717, 1.165) is 18.8 Å². The van der Waals surface area contributed by atoms with Crippen molar-refractivity contribution in [1.82, 2.24) is 25.0 Å². The number of hydrogen-bond acceptors (Lipinski definition) is 4. The van der Waals surface area contributed by atoms with Gasteiger partial charge in [0.25, 0.3) is 0 Å². The summed E-state index contributed by atoms with van der Waals surface area (Å²) in [6.07, 6.45) is 3.91. The highest BCUT2D eigenvalue weighted by Crippen LogP contribution is 2.22. The molecule has 1 aromatic heterocycles. The molecule has 2 heterocycles. The van der Waals surface area contributed by atoms with E-state index in [4.69, 9.17) is 4.74 Å². The first-order valence-electron chi connectivity index (χ1n) is 9.42. The Morgan fingerprint density at radius 3 is 2.81 bits per heavy atom. The van der Waals surface area contributed by atoms with E-state index in [-0.39, 0.29) is 29.7 Å². The number of nitrogens with one attached hydrogen (secondary N) is 1. The molecule has 0 bridgehead atoms. The molecular formula is C19H26FN5O2. The smallest absolute Gasteiger partial charge is 0.317 e. The van der Waals surface area contributed by atoms with E-state index in [1.165, 1.54) is 6.07 Å². The number of aromatic nitrogens is 3. The zero-order valence-electron chi connectivity index (χ0n) is 15.8. The molecule has 1 fully saturated rings. The largest absolute Gasteiger partial charge is 0.487 e. The van der Waals surface area contributed by atoms with Crippen LogP contribution in [0.25, 0.3) is 0 Å². The molecule has 0 radical (unpaired) electrons. The molecule has 1 aliphatic heterocycles. The zero-order valence-corrected chi connectivity index (χ0v) is 15.8. The number of carbonyl (C=O) groups excluding carboxylic acids is 1. The van der Waals surface area contributed by atoms with Crippen LogP contribution < -0.4 is 10.1 Å². The normalized spacial score (nSPS) is 16.2. The van der Waals surface area contributed by atoms with Crippen molar-refractivity contribution in [2.45, 2.75) is 51.8 Å². The molecule has 1 unspecified atom stereocenters. The van der Waals surface area contributed by atoms with Crippen molar-refractivity contribution in [2.75, 3.05) is 13.1 Å². The van der Waals surface area contributed by atoms with Crippen LogP contribution >= 0.6 is 0 Å². The second-order valence-electron chi connectivity index (χ2n) is 6.79. The van der Waals surface area contributed by atoms with Crippen molar-refractivity contribution in [2.24, 2.45) is 0 Å². The third-order valence-electron chi connectivity index (χ3n) is 4.70. The molecule has 27 heavy (non-hydrogen) atoms. The molecule has 2 amide bonds. The van der Waals surface area contributed by atoms with Gasteiger partial charge in [-0.25, -0.2) is 9.18 Å². The molecule has 1 atom stereocenters. The van der Waals surface area contributed by atoms with Crippen LogP contribution in [0, 0.1) is 5.82 Å². The number of likely N-dealkylation sites (tertiary alicyclic amines) is 1. The van der Waals surface area contributed by atoms with E-state index in [0.29, 0.717) is 25.9 Å². The molecule has 0 spiro atoms. The molecular weight excluding hydrogens is 349 g/mol. The molecule has 8 heteroatoms. The lowest BCUT2D eigenvalue weighted by atomic mass is 10.1. The fourth-order valence-electron chi connectivity index (χ4n) is 3.25. The fourth-order valence-corrected chi connectivity index (χ4v) is 3.25. The highest BCUT2D eigenvalue weighted by molar-refractivity contribution is 5.74. The van der Waals surface area contributed by atoms with Crippen molar-refractivity contribution < 1.29 is 13.9 Å². The van der Waals surface area contributed by atoms with Crippen LogP contribution in [0.15, 0.2) is 30.6 Å². The first-order chi connectivity index (χ1) is 13.1. The number of ether oxygens (including phenoxy) is 1. The van der Waals surface area contributed by atoms with Gasteiger partial charge < -0.3 is 19.5 Å². The maximum absolute atomic E-state index is 13.7. The molecule has 1 N–H and O–H groups in total. The maximum Gasteiger partial charge on any atom is 0.317 e. The topological polar surface area (TPSA) is 72.3 Å². The van der Waals surface area contributed by atoms with Crippen molar-refractivity contribution in [3.63, 3.8) is 0 Å². The molecule has 1 aromatic carbocycles. The number of nitrogens with zero attached hydrogens (tertiary/aromatic N) is 4. The minimum atomic E-state index is -0.359. The third kappa shape index (κ3) is 4.75. The number of para-hydroxylation sites is 1. The van der Waals surface area contributed by atoms with Gasteiger partial charge in [-0.05, 0) is 25.5 Å². The molecule has 0 aliphatic carbocycles. The van der Waals surface area contributed by atoms with Crippen LogP contribution in [0.2, 0.25) is 0 Å². The monoisotopic (exact) mass is 375 g/mol. The lowest BCUT2D eigenvalue weighted by Gasteiger charge is -2.33. The van der Waals surface area contributed by atoms with Crippen LogP contribution in [0.5, 0.6) is 5.75 Å². The molecule has 1 saturated heterocycles. The van der Waals surface area contributed by atoms with Crippen molar-refractivity contribution >= 4 is 6.03 Å². The second-order valence-corrected chi connectivity index (χ2v) is 6.79. The number of urea groups is 1. The molecule has 0 saturated carbocycles. The van der Waals surface area contributed by atoms with Gasteiger partial charge in [0.15, 0.2) is 17.4 Å². The Morgan fingerprint density at radius 1 is 1.37 bits per heavy atom.